The zero-order chi connectivity index (χ0) is 12.7. The van der Waals surface area contributed by atoms with E-state index in [0.29, 0.717) is 0 Å². The van der Waals surface area contributed by atoms with Gasteiger partial charge in [-0.15, -0.1) is 0 Å². The first kappa shape index (κ1) is 0.752. The van der Waals surface area contributed by atoms with Crippen LogP contribution >= 0.6 is 0 Å². The summed E-state index contributed by atoms with van der Waals surface area (Å²) < 4.78 is 67.7. The smallest absolute Gasteiger partial charge is 0.0594 e. The number of hydrogen-bond donors (Lipinski definition) is 0. The molecular weight excluding hydrogens is 76.1 g/mol. The first-order valence-corrected chi connectivity index (χ1v) is 1.36. The van der Waals surface area contributed by atoms with Crippen molar-refractivity contribution >= 4 is 0 Å². The van der Waals surface area contributed by atoms with Crippen LogP contribution in [0.3, 0.4) is 0 Å². The van der Waals surface area contributed by atoms with Crippen LogP contribution in [0.5, 0.6) is 0 Å². The van der Waals surface area contributed by atoms with Gasteiger partial charge in [0.15, 0.2) is 0 Å². The van der Waals surface area contributed by atoms with E-state index in [1.807, 2.05) is 0 Å². The molecule has 0 rings (SSSR count). The third kappa shape index (κ3) is 3.96. The van der Waals surface area contributed by atoms with Crippen molar-refractivity contribution in [1.82, 2.24) is 0 Å². The number of rotatable bonds is 0. The summed E-state index contributed by atoms with van der Waals surface area (Å²) in [5.41, 5.74) is -3.15. The van der Waals surface area contributed by atoms with Crippen molar-refractivity contribution in [3.8, 4) is 0 Å². The van der Waals surface area contributed by atoms with E-state index in [1.54, 1.807) is 0 Å². The fraction of sp³-hybridized carbons (Fsp3) is 1.00. The Morgan fingerprint density at radius 2 is 2.00 bits per heavy atom. The first-order valence-electron chi connectivity index (χ1n) is 5.86. The minimum absolute atomic E-state index is 0.769. The second-order valence-corrected chi connectivity index (χ2v) is 0.885. The second kappa shape index (κ2) is 1.61. The van der Waals surface area contributed by atoms with Gasteiger partial charge in [0.1, 0.15) is 0 Å². The van der Waals surface area contributed by atoms with Crippen LogP contribution in [-0.4, -0.2) is 12.7 Å². The lowest BCUT2D eigenvalue weighted by atomic mass is 10.2. The van der Waals surface area contributed by atoms with Gasteiger partial charge in [0.25, 0.3) is 0 Å². The SMILES string of the molecule is [2H]C([2H])([2H])C(OC)(C([2H])([2H])[2H])C([2H])([2H])[2H]. The molecule has 0 bridgehead atoms. The molecule has 1 nitrogen and oxygen atoms in total. The zero-order valence-corrected chi connectivity index (χ0v) is 3.41. The lowest BCUT2D eigenvalue weighted by Crippen LogP contribution is -2.15. The molecule has 0 spiro atoms. The summed E-state index contributed by atoms with van der Waals surface area (Å²) in [5, 5.41) is 0. The van der Waals surface area contributed by atoms with Crippen LogP contribution < -0.4 is 0 Å². The Hall–Kier alpha value is -0.0400. The van der Waals surface area contributed by atoms with E-state index >= 15 is 0 Å². The summed E-state index contributed by atoms with van der Waals surface area (Å²) in [6, 6.07) is 0. The van der Waals surface area contributed by atoms with Crippen molar-refractivity contribution in [1.29, 1.82) is 0 Å². The van der Waals surface area contributed by atoms with Crippen LogP contribution in [0, 0.1) is 0 Å². The molecule has 0 saturated heterocycles. The van der Waals surface area contributed by atoms with Crippen molar-refractivity contribution < 1.29 is 17.1 Å². The lowest BCUT2D eigenvalue weighted by Gasteiger charge is -2.14. The molecule has 0 aliphatic heterocycles. The summed E-state index contributed by atoms with van der Waals surface area (Å²) in [6.45, 7) is -9.80. The molecule has 0 fully saturated rings. The maximum atomic E-state index is 7.04. The average molecular weight is 97.2 g/mol. The Morgan fingerprint density at radius 3 is 2.00 bits per heavy atom. The summed E-state index contributed by atoms with van der Waals surface area (Å²) in [7, 11) is 0.769. The summed E-state index contributed by atoms with van der Waals surface area (Å²) in [5.74, 6) is 0. The highest BCUT2D eigenvalue weighted by molar-refractivity contribution is 4.55. The van der Waals surface area contributed by atoms with Crippen LogP contribution in [0.4, 0.5) is 0 Å². The highest BCUT2D eigenvalue weighted by Gasteiger charge is 2.03. The Morgan fingerprint density at radius 1 is 1.50 bits per heavy atom. The monoisotopic (exact) mass is 97.1 g/mol. The molecule has 0 N–H and O–H groups in total. The van der Waals surface area contributed by atoms with E-state index in [2.05, 4.69) is 4.74 Å². The molecule has 0 aliphatic carbocycles. The molecule has 0 unspecified atom stereocenters. The standard InChI is InChI=1S/C5H12O/c1-5(2,3)6-4/h1-4H3/i1D3,2D3,3D3. The molecular formula is C5H12O. The number of methoxy groups -OCH3 is 1. The minimum Gasteiger partial charge on any atom is -0.379 e. The van der Waals surface area contributed by atoms with Crippen LogP contribution in [0.15, 0.2) is 0 Å². The van der Waals surface area contributed by atoms with Gasteiger partial charge in [0, 0.05) is 19.4 Å². The summed E-state index contributed by atoms with van der Waals surface area (Å²) in [4.78, 5) is 0. The molecule has 38 valence electrons. The maximum absolute atomic E-state index is 7.04. The average Bonchev–Trinajstić information content (AvgIpc) is 1.76. The van der Waals surface area contributed by atoms with Crippen LogP contribution in [0.25, 0.3) is 0 Å². The van der Waals surface area contributed by atoms with Crippen LogP contribution in [0.1, 0.15) is 32.9 Å². The van der Waals surface area contributed by atoms with Gasteiger partial charge in [-0.1, -0.05) is 0 Å². The molecule has 0 aromatic heterocycles. The quantitative estimate of drug-likeness (QED) is 0.444. The van der Waals surface area contributed by atoms with Gasteiger partial charge >= 0.3 is 0 Å². The molecule has 0 aromatic rings. The largest absolute Gasteiger partial charge is 0.379 e. The van der Waals surface area contributed by atoms with E-state index in [0.717, 1.165) is 7.11 Å². The predicted octanol–water partition coefficient (Wildman–Crippen LogP) is 1.43. The Labute approximate surface area is 52.0 Å². The topological polar surface area (TPSA) is 9.23 Å². The maximum Gasteiger partial charge on any atom is 0.0594 e. The van der Waals surface area contributed by atoms with Gasteiger partial charge in [0.2, 0.25) is 0 Å². The fourth-order valence-corrected chi connectivity index (χ4v) is 0. The van der Waals surface area contributed by atoms with Gasteiger partial charge < -0.3 is 4.74 Å². The van der Waals surface area contributed by atoms with E-state index in [-0.39, 0.29) is 0 Å². The zero-order valence-electron chi connectivity index (χ0n) is 12.4. The molecule has 1 heteroatoms. The normalized spacial score (nSPS) is 40.5. The van der Waals surface area contributed by atoms with E-state index < -0.39 is 26.2 Å². The summed E-state index contributed by atoms with van der Waals surface area (Å²) in [6.07, 6.45) is 0. The lowest BCUT2D eigenvalue weighted by molar-refractivity contribution is 0.0397. The van der Waals surface area contributed by atoms with Gasteiger partial charge in [0.05, 0.1) is 5.60 Å². The van der Waals surface area contributed by atoms with Crippen molar-refractivity contribution in [2.24, 2.45) is 0 Å². The van der Waals surface area contributed by atoms with Crippen molar-refractivity contribution in [3.05, 3.63) is 0 Å². The van der Waals surface area contributed by atoms with Gasteiger partial charge in [-0.2, -0.15) is 0 Å². The molecule has 0 atom stereocenters. The highest BCUT2D eigenvalue weighted by atomic mass is 16.5. The predicted molar refractivity (Wildman–Crippen MR) is 26.8 cm³/mol. The van der Waals surface area contributed by atoms with E-state index in [4.69, 9.17) is 12.3 Å². The Balaban J connectivity index is 5.78. The molecule has 0 heterocycles. The molecule has 0 aromatic carbocycles. The van der Waals surface area contributed by atoms with E-state index in [9.17, 15) is 0 Å². The van der Waals surface area contributed by atoms with E-state index in [1.165, 1.54) is 0 Å². The van der Waals surface area contributed by atoms with Crippen LogP contribution in [-0.2, 0) is 4.74 Å². The molecule has 0 radical (unpaired) electrons. The Kier molecular flexibility index (Phi) is 0.201. The highest BCUT2D eigenvalue weighted by Crippen LogP contribution is 2.02. The second-order valence-electron chi connectivity index (χ2n) is 0.885. The third-order valence-electron chi connectivity index (χ3n) is 0.306. The molecule has 6 heavy (non-hydrogen) atoms. The minimum atomic E-state index is -3.27. The fourth-order valence-electron chi connectivity index (χ4n) is 0. The molecule has 0 amide bonds. The van der Waals surface area contributed by atoms with Crippen molar-refractivity contribution in [3.63, 3.8) is 0 Å². The Bertz CT molecular complexity index is 184. The van der Waals surface area contributed by atoms with Crippen LogP contribution in [0.2, 0.25) is 0 Å². The van der Waals surface area contributed by atoms with Gasteiger partial charge in [-0.3, -0.25) is 0 Å². The molecule has 0 aliphatic rings. The summed E-state index contributed by atoms with van der Waals surface area (Å²) >= 11 is 0. The number of ether oxygens (including phenoxy) is 1. The van der Waals surface area contributed by atoms with Crippen molar-refractivity contribution in [2.75, 3.05) is 7.11 Å². The third-order valence-corrected chi connectivity index (χ3v) is 0.306. The number of hydrogen-bond acceptors (Lipinski definition) is 1. The molecule has 0 saturated carbocycles. The first-order chi connectivity index (χ1) is 6.31. The van der Waals surface area contributed by atoms with Gasteiger partial charge in [-0.25, -0.2) is 0 Å². The van der Waals surface area contributed by atoms with Gasteiger partial charge in [-0.05, 0) is 20.6 Å². The van der Waals surface area contributed by atoms with Crippen molar-refractivity contribution in [2.45, 2.75) is 26.2 Å².